The molecule has 0 aromatic rings. The Balaban J connectivity index is 3.37. The maximum atomic E-state index is 9.93. The largest absolute Gasteiger partial charge is 0.303 e. The fourth-order valence-corrected chi connectivity index (χ4v) is 0.719. The van der Waals surface area contributed by atoms with Crippen molar-refractivity contribution in [1.29, 1.82) is 0 Å². The Morgan fingerprint density at radius 3 is 2.18 bits per heavy atom. The minimum absolute atomic E-state index is 0.373. The van der Waals surface area contributed by atoms with Gasteiger partial charge in [0.2, 0.25) is 0 Å². The van der Waals surface area contributed by atoms with E-state index in [0.29, 0.717) is 11.8 Å². The zero-order chi connectivity index (χ0) is 8.74. The first-order valence-corrected chi connectivity index (χ1v) is 4.15. The standard InChI is InChI=1S/C10H18O/c1-10(2,3)8-6-4-5-7-9-11/h4,6,9H,5,7-8H2,1-3H3/b6-4+. The van der Waals surface area contributed by atoms with Crippen LogP contribution >= 0.6 is 0 Å². The lowest BCUT2D eigenvalue weighted by Crippen LogP contribution is -2.01. The average Bonchev–Trinajstić information content (AvgIpc) is 1.85. The summed E-state index contributed by atoms with van der Waals surface area (Å²) in [5, 5.41) is 0. The van der Waals surface area contributed by atoms with Gasteiger partial charge in [0.1, 0.15) is 6.29 Å². The van der Waals surface area contributed by atoms with Gasteiger partial charge < -0.3 is 4.79 Å². The predicted octanol–water partition coefficient (Wildman–Crippen LogP) is 2.96. The van der Waals surface area contributed by atoms with Crippen molar-refractivity contribution in [2.75, 3.05) is 0 Å². The summed E-state index contributed by atoms with van der Waals surface area (Å²) in [4.78, 5) is 9.93. The lowest BCUT2D eigenvalue weighted by Gasteiger charge is -2.14. The molecule has 0 spiro atoms. The first-order valence-electron chi connectivity index (χ1n) is 4.15. The summed E-state index contributed by atoms with van der Waals surface area (Å²) < 4.78 is 0. The molecule has 0 N–H and O–H groups in total. The Morgan fingerprint density at radius 1 is 1.09 bits per heavy atom. The van der Waals surface area contributed by atoms with Crippen molar-refractivity contribution < 1.29 is 4.79 Å². The van der Waals surface area contributed by atoms with Crippen molar-refractivity contribution in [1.82, 2.24) is 0 Å². The Bertz CT molecular complexity index is 128. The fraction of sp³-hybridized carbons (Fsp3) is 0.700. The smallest absolute Gasteiger partial charge is 0.120 e. The summed E-state index contributed by atoms with van der Waals surface area (Å²) in [6.07, 6.45) is 7.83. The third kappa shape index (κ3) is 9.41. The van der Waals surface area contributed by atoms with Crippen LogP contribution in [0.15, 0.2) is 12.2 Å². The van der Waals surface area contributed by atoms with Gasteiger partial charge >= 0.3 is 0 Å². The highest BCUT2D eigenvalue weighted by atomic mass is 16.1. The van der Waals surface area contributed by atoms with E-state index < -0.39 is 0 Å². The molecule has 11 heavy (non-hydrogen) atoms. The van der Waals surface area contributed by atoms with Crippen molar-refractivity contribution in [3.63, 3.8) is 0 Å². The van der Waals surface area contributed by atoms with Crippen LogP contribution in [0.3, 0.4) is 0 Å². The van der Waals surface area contributed by atoms with Gasteiger partial charge in [0.05, 0.1) is 0 Å². The number of allylic oxidation sites excluding steroid dienone is 2. The van der Waals surface area contributed by atoms with Crippen LogP contribution in [0.25, 0.3) is 0 Å². The fourth-order valence-electron chi connectivity index (χ4n) is 0.719. The van der Waals surface area contributed by atoms with Gasteiger partial charge in [-0.15, -0.1) is 0 Å². The van der Waals surface area contributed by atoms with Gasteiger partial charge in [-0.3, -0.25) is 0 Å². The molecular formula is C10H18O. The van der Waals surface area contributed by atoms with Crippen molar-refractivity contribution in [2.24, 2.45) is 5.41 Å². The van der Waals surface area contributed by atoms with Crippen LogP contribution in [0.1, 0.15) is 40.0 Å². The van der Waals surface area contributed by atoms with Crippen LogP contribution in [0.2, 0.25) is 0 Å². The van der Waals surface area contributed by atoms with Gasteiger partial charge in [0.25, 0.3) is 0 Å². The molecule has 0 bridgehead atoms. The van der Waals surface area contributed by atoms with Crippen LogP contribution in [0.5, 0.6) is 0 Å². The summed E-state index contributed by atoms with van der Waals surface area (Å²) >= 11 is 0. The first kappa shape index (κ1) is 10.4. The highest BCUT2D eigenvalue weighted by Crippen LogP contribution is 2.18. The van der Waals surface area contributed by atoms with E-state index in [1.807, 2.05) is 0 Å². The van der Waals surface area contributed by atoms with Gasteiger partial charge in [-0.05, 0) is 18.3 Å². The van der Waals surface area contributed by atoms with Crippen molar-refractivity contribution in [2.45, 2.75) is 40.0 Å². The molecule has 0 atom stereocenters. The lowest BCUT2D eigenvalue weighted by molar-refractivity contribution is -0.107. The number of hydrogen-bond acceptors (Lipinski definition) is 1. The number of carbonyl (C=O) groups is 1. The van der Waals surface area contributed by atoms with E-state index in [1.165, 1.54) is 0 Å². The van der Waals surface area contributed by atoms with Crippen LogP contribution in [-0.2, 0) is 4.79 Å². The van der Waals surface area contributed by atoms with Crippen LogP contribution in [-0.4, -0.2) is 6.29 Å². The Hall–Kier alpha value is -0.590. The van der Waals surface area contributed by atoms with Gasteiger partial charge in [-0.2, -0.15) is 0 Å². The normalized spacial score (nSPS) is 12.3. The average molecular weight is 154 g/mol. The summed E-state index contributed by atoms with van der Waals surface area (Å²) in [6.45, 7) is 6.62. The van der Waals surface area contributed by atoms with Crippen molar-refractivity contribution in [3.8, 4) is 0 Å². The Morgan fingerprint density at radius 2 is 1.73 bits per heavy atom. The molecule has 1 heteroatoms. The van der Waals surface area contributed by atoms with E-state index in [0.717, 1.165) is 19.1 Å². The number of unbranched alkanes of at least 4 members (excludes halogenated alkanes) is 1. The second-order valence-electron chi connectivity index (χ2n) is 3.98. The molecule has 0 saturated carbocycles. The lowest BCUT2D eigenvalue weighted by atomic mass is 9.92. The van der Waals surface area contributed by atoms with E-state index in [1.54, 1.807) is 0 Å². The van der Waals surface area contributed by atoms with Gasteiger partial charge in [0, 0.05) is 6.42 Å². The molecule has 0 heterocycles. The van der Waals surface area contributed by atoms with Gasteiger partial charge in [-0.25, -0.2) is 0 Å². The molecule has 0 aliphatic rings. The molecule has 0 aromatic heterocycles. The molecule has 0 radical (unpaired) electrons. The van der Waals surface area contributed by atoms with Crippen molar-refractivity contribution >= 4 is 6.29 Å². The maximum Gasteiger partial charge on any atom is 0.120 e. The minimum Gasteiger partial charge on any atom is -0.303 e. The molecule has 0 aliphatic heterocycles. The number of aldehydes is 1. The minimum atomic E-state index is 0.373. The monoisotopic (exact) mass is 154 g/mol. The molecule has 64 valence electrons. The molecule has 0 saturated heterocycles. The summed E-state index contributed by atoms with van der Waals surface area (Å²) in [6, 6.07) is 0. The first-order chi connectivity index (χ1) is 5.06. The zero-order valence-electron chi connectivity index (χ0n) is 7.76. The highest BCUT2D eigenvalue weighted by molar-refractivity contribution is 5.49. The molecule has 0 amide bonds. The summed E-state index contributed by atoms with van der Waals surface area (Å²) in [5.41, 5.74) is 0.373. The maximum absolute atomic E-state index is 9.93. The molecule has 1 nitrogen and oxygen atoms in total. The summed E-state index contributed by atoms with van der Waals surface area (Å²) in [7, 11) is 0. The van der Waals surface area contributed by atoms with Crippen LogP contribution in [0, 0.1) is 5.41 Å². The van der Waals surface area contributed by atoms with Crippen LogP contribution in [0.4, 0.5) is 0 Å². The van der Waals surface area contributed by atoms with Gasteiger partial charge in [-0.1, -0.05) is 32.9 Å². The third-order valence-corrected chi connectivity index (χ3v) is 1.35. The van der Waals surface area contributed by atoms with Crippen molar-refractivity contribution in [3.05, 3.63) is 12.2 Å². The number of carbonyl (C=O) groups excluding carboxylic acids is 1. The molecule has 0 aliphatic carbocycles. The zero-order valence-corrected chi connectivity index (χ0v) is 7.76. The van der Waals surface area contributed by atoms with Crippen LogP contribution < -0.4 is 0 Å². The SMILES string of the molecule is CC(C)(C)C/C=C/CCC=O. The Kier molecular flexibility index (Phi) is 4.84. The summed E-state index contributed by atoms with van der Waals surface area (Å²) in [5.74, 6) is 0. The second kappa shape index (κ2) is 5.11. The molecular weight excluding hydrogens is 136 g/mol. The highest BCUT2D eigenvalue weighted by Gasteiger charge is 2.05. The Labute approximate surface area is 69.5 Å². The molecule has 0 aromatic carbocycles. The third-order valence-electron chi connectivity index (χ3n) is 1.35. The van der Waals surface area contributed by atoms with E-state index in [9.17, 15) is 4.79 Å². The quantitative estimate of drug-likeness (QED) is 0.345. The van der Waals surface area contributed by atoms with Gasteiger partial charge in [0.15, 0.2) is 0 Å². The molecule has 0 fully saturated rings. The molecule has 0 rings (SSSR count). The molecule has 0 unspecified atom stereocenters. The second-order valence-corrected chi connectivity index (χ2v) is 3.98. The predicted molar refractivity (Wildman–Crippen MR) is 48.5 cm³/mol. The van der Waals surface area contributed by atoms with E-state index in [2.05, 4.69) is 32.9 Å². The topological polar surface area (TPSA) is 17.1 Å². The number of rotatable bonds is 4. The number of hydrogen-bond donors (Lipinski definition) is 0. The van der Waals surface area contributed by atoms with E-state index in [-0.39, 0.29) is 0 Å². The van der Waals surface area contributed by atoms with E-state index in [4.69, 9.17) is 0 Å². The van der Waals surface area contributed by atoms with E-state index >= 15 is 0 Å².